The molecule has 1 aromatic rings. The van der Waals surface area contributed by atoms with Crippen LogP contribution in [-0.4, -0.2) is 46.1 Å². The lowest BCUT2D eigenvalue weighted by molar-refractivity contribution is 0.0979. The number of rotatable bonds is 6. The van der Waals surface area contributed by atoms with Gasteiger partial charge in [-0.15, -0.1) is 11.3 Å². The molecular formula is C13H22N2O3S2. The summed E-state index contributed by atoms with van der Waals surface area (Å²) in [5.41, 5.74) is 1.02. The van der Waals surface area contributed by atoms with Crippen molar-refractivity contribution in [3.05, 3.63) is 16.5 Å². The van der Waals surface area contributed by atoms with Crippen LogP contribution in [0.2, 0.25) is 0 Å². The molecule has 2 rings (SSSR count). The summed E-state index contributed by atoms with van der Waals surface area (Å²) in [6, 6.07) is 1.76. The van der Waals surface area contributed by atoms with Crippen molar-refractivity contribution in [3.63, 3.8) is 0 Å². The lowest BCUT2D eigenvalue weighted by Crippen LogP contribution is -2.33. The zero-order valence-corrected chi connectivity index (χ0v) is 13.8. The van der Waals surface area contributed by atoms with Gasteiger partial charge < -0.3 is 10.1 Å². The van der Waals surface area contributed by atoms with Crippen LogP contribution >= 0.6 is 11.3 Å². The molecule has 0 bridgehead atoms. The third kappa shape index (κ3) is 3.40. The molecule has 5 nitrogen and oxygen atoms in total. The minimum atomic E-state index is -3.40. The fourth-order valence-electron chi connectivity index (χ4n) is 2.28. The minimum Gasteiger partial charge on any atom is -0.377 e. The zero-order chi connectivity index (χ0) is 14.8. The predicted molar refractivity (Wildman–Crippen MR) is 80.6 cm³/mol. The maximum atomic E-state index is 12.6. The van der Waals surface area contributed by atoms with E-state index in [1.807, 2.05) is 14.0 Å². The number of nitrogens with zero attached hydrogens (tertiary/aromatic N) is 1. The van der Waals surface area contributed by atoms with E-state index in [0.717, 1.165) is 29.9 Å². The van der Waals surface area contributed by atoms with Gasteiger partial charge in [-0.3, -0.25) is 0 Å². The fourth-order valence-corrected chi connectivity index (χ4v) is 5.29. The van der Waals surface area contributed by atoms with E-state index < -0.39 is 10.0 Å². The smallest absolute Gasteiger partial charge is 0.252 e. The maximum absolute atomic E-state index is 12.6. The molecular weight excluding hydrogens is 296 g/mol. The number of thiophene rings is 1. The van der Waals surface area contributed by atoms with E-state index >= 15 is 0 Å². The van der Waals surface area contributed by atoms with E-state index in [0.29, 0.717) is 17.3 Å². The molecule has 1 N–H and O–H groups in total. The van der Waals surface area contributed by atoms with E-state index in [-0.39, 0.29) is 6.10 Å². The van der Waals surface area contributed by atoms with Gasteiger partial charge in [0, 0.05) is 31.6 Å². The largest absolute Gasteiger partial charge is 0.377 e. The number of nitrogens with one attached hydrogen (secondary N) is 1. The molecule has 7 heteroatoms. The van der Waals surface area contributed by atoms with Gasteiger partial charge in [-0.25, -0.2) is 8.42 Å². The highest BCUT2D eigenvalue weighted by Crippen LogP contribution is 2.28. The van der Waals surface area contributed by atoms with Crippen LogP contribution in [0.25, 0.3) is 0 Å². The second kappa shape index (κ2) is 6.53. The molecule has 0 spiro atoms. The first kappa shape index (κ1) is 15.9. The van der Waals surface area contributed by atoms with Crippen LogP contribution in [0.5, 0.6) is 0 Å². The molecule has 1 saturated heterocycles. The zero-order valence-electron chi connectivity index (χ0n) is 12.2. The topological polar surface area (TPSA) is 58.6 Å². The van der Waals surface area contributed by atoms with Gasteiger partial charge in [0.15, 0.2) is 0 Å². The monoisotopic (exact) mass is 318 g/mol. The molecule has 1 unspecified atom stereocenters. The Morgan fingerprint density at radius 3 is 2.90 bits per heavy atom. The van der Waals surface area contributed by atoms with E-state index in [4.69, 9.17) is 4.74 Å². The van der Waals surface area contributed by atoms with Crippen molar-refractivity contribution in [2.45, 2.75) is 36.6 Å². The molecule has 20 heavy (non-hydrogen) atoms. The lowest BCUT2D eigenvalue weighted by atomic mass is 10.2. The Morgan fingerprint density at radius 2 is 2.30 bits per heavy atom. The Bertz CT molecular complexity index is 548. The van der Waals surface area contributed by atoms with E-state index in [1.54, 1.807) is 13.1 Å². The number of likely N-dealkylation sites (N-methyl/N-ethyl adjacent to an activating group) is 1. The molecule has 1 aliphatic heterocycles. The van der Waals surface area contributed by atoms with E-state index in [9.17, 15) is 8.42 Å². The second-order valence-electron chi connectivity index (χ2n) is 5.12. The second-order valence-corrected chi connectivity index (χ2v) is 8.53. The SMILES string of the molecule is CNCc1sc(S(=O)(=O)N(C)CC2CCCO2)cc1C. The molecule has 1 aliphatic rings. The Labute approximate surface area is 125 Å². The average molecular weight is 318 g/mol. The summed E-state index contributed by atoms with van der Waals surface area (Å²) in [7, 11) is 0.0844. The van der Waals surface area contributed by atoms with Crippen molar-refractivity contribution in [2.75, 3.05) is 27.2 Å². The molecule has 1 atom stereocenters. The predicted octanol–water partition coefficient (Wildman–Crippen LogP) is 1.58. The number of ether oxygens (including phenoxy) is 1. The minimum absolute atomic E-state index is 0.0348. The standard InChI is InChI=1S/C13H22N2O3S2/c1-10-7-13(19-12(10)8-14-2)20(16,17)15(3)9-11-5-4-6-18-11/h7,11,14H,4-6,8-9H2,1-3H3. The summed E-state index contributed by atoms with van der Waals surface area (Å²) in [5.74, 6) is 0. The van der Waals surface area contributed by atoms with Crippen LogP contribution in [0.15, 0.2) is 10.3 Å². The molecule has 1 fully saturated rings. The highest BCUT2D eigenvalue weighted by Gasteiger charge is 2.27. The molecule has 2 heterocycles. The van der Waals surface area contributed by atoms with Crippen molar-refractivity contribution < 1.29 is 13.2 Å². The number of hydrogen-bond donors (Lipinski definition) is 1. The molecule has 0 aromatic carbocycles. The van der Waals surface area contributed by atoms with E-state index in [2.05, 4.69) is 5.32 Å². The van der Waals surface area contributed by atoms with Crippen LogP contribution in [-0.2, 0) is 21.3 Å². The van der Waals surface area contributed by atoms with Gasteiger partial charge in [0.2, 0.25) is 0 Å². The molecule has 1 aromatic heterocycles. The van der Waals surface area contributed by atoms with E-state index in [1.165, 1.54) is 15.6 Å². The van der Waals surface area contributed by atoms with Gasteiger partial charge in [-0.1, -0.05) is 0 Å². The highest BCUT2D eigenvalue weighted by molar-refractivity contribution is 7.91. The van der Waals surface area contributed by atoms with Crippen LogP contribution in [0.1, 0.15) is 23.3 Å². The Morgan fingerprint density at radius 1 is 1.55 bits per heavy atom. The Balaban J connectivity index is 2.14. The molecule has 0 saturated carbocycles. The normalized spacial score (nSPS) is 19.9. The van der Waals surface area contributed by atoms with Crippen LogP contribution < -0.4 is 5.32 Å². The molecule has 0 aliphatic carbocycles. The van der Waals surface area contributed by atoms with Gasteiger partial charge in [0.05, 0.1) is 6.10 Å². The van der Waals surface area contributed by atoms with Crippen molar-refractivity contribution >= 4 is 21.4 Å². The average Bonchev–Trinajstić information content (AvgIpc) is 3.01. The van der Waals surface area contributed by atoms with Gasteiger partial charge in [0.25, 0.3) is 10.0 Å². The molecule has 0 radical (unpaired) electrons. The Hall–Kier alpha value is -0.470. The van der Waals surface area contributed by atoms with Crippen LogP contribution in [0, 0.1) is 6.92 Å². The van der Waals surface area contributed by atoms with Crippen molar-refractivity contribution in [2.24, 2.45) is 0 Å². The summed E-state index contributed by atoms with van der Waals surface area (Å²) in [5, 5.41) is 3.06. The fraction of sp³-hybridized carbons (Fsp3) is 0.692. The van der Waals surface area contributed by atoms with Crippen molar-refractivity contribution in [1.29, 1.82) is 0 Å². The van der Waals surface area contributed by atoms with Crippen molar-refractivity contribution in [1.82, 2.24) is 9.62 Å². The Kier molecular flexibility index (Phi) is 5.19. The summed E-state index contributed by atoms with van der Waals surface area (Å²) in [4.78, 5) is 1.07. The summed E-state index contributed by atoms with van der Waals surface area (Å²) >= 11 is 1.34. The van der Waals surface area contributed by atoms with Gasteiger partial charge >= 0.3 is 0 Å². The third-order valence-electron chi connectivity index (χ3n) is 3.48. The number of sulfonamides is 1. The van der Waals surface area contributed by atoms with Gasteiger partial charge in [-0.2, -0.15) is 4.31 Å². The number of aryl methyl sites for hydroxylation is 1. The molecule has 114 valence electrons. The summed E-state index contributed by atoms with van der Waals surface area (Å²) < 4.78 is 32.4. The quantitative estimate of drug-likeness (QED) is 0.865. The first-order valence-electron chi connectivity index (χ1n) is 6.77. The maximum Gasteiger partial charge on any atom is 0.252 e. The van der Waals surface area contributed by atoms with Crippen molar-refractivity contribution in [3.8, 4) is 0 Å². The summed E-state index contributed by atoms with van der Waals surface area (Å²) in [6.45, 7) is 3.81. The number of hydrogen-bond acceptors (Lipinski definition) is 5. The summed E-state index contributed by atoms with van der Waals surface area (Å²) in [6.07, 6.45) is 1.99. The van der Waals surface area contributed by atoms with Crippen LogP contribution in [0.4, 0.5) is 0 Å². The van der Waals surface area contributed by atoms with Gasteiger partial charge in [0.1, 0.15) is 4.21 Å². The first-order chi connectivity index (χ1) is 9.45. The third-order valence-corrected chi connectivity index (χ3v) is 6.99. The first-order valence-corrected chi connectivity index (χ1v) is 9.02. The van der Waals surface area contributed by atoms with Crippen LogP contribution in [0.3, 0.4) is 0 Å². The highest BCUT2D eigenvalue weighted by atomic mass is 32.2. The lowest BCUT2D eigenvalue weighted by Gasteiger charge is -2.19. The van der Waals surface area contributed by atoms with Gasteiger partial charge in [-0.05, 0) is 38.4 Å². The molecule has 0 amide bonds.